The van der Waals surface area contributed by atoms with Crippen molar-refractivity contribution >= 4 is 49.8 Å². The molecule has 1 amide bonds. The Morgan fingerprint density at radius 1 is 1.00 bits per heavy atom. The van der Waals surface area contributed by atoms with Crippen molar-refractivity contribution in [3.05, 3.63) is 54.9 Å². The minimum atomic E-state index is -3.07. The fourth-order valence-corrected chi connectivity index (χ4v) is 10.4. The molecular weight excluding hydrogens is 633 g/mol. The van der Waals surface area contributed by atoms with Gasteiger partial charge < -0.3 is 24.8 Å². The minimum Gasteiger partial charge on any atom is -0.378 e. The van der Waals surface area contributed by atoms with E-state index in [4.69, 9.17) is 9.72 Å². The molecule has 0 radical (unpaired) electrons. The molecule has 3 aromatic rings. The minimum absolute atomic E-state index is 0.0863. The second-order valence-electron chi connectivity index (χ2n) is 13.5. The first kappa shape index (κ1) is 32.7. The summed E-state index contributed by atoms with van der Waals surface area (Å²) in [5.74, 6) is 1.87. The van der Waals surface area contributed by atoms with E-state index in [1.54, 1.807) is 12.3 Å². The summed E-state index contributed by atoms with van der Waals surface area (Å²) >= 11 is 0. The molecule has 11 nitrogen and oxygen atoms in total. The number of piperidine rings is 1. The van der Waals surface area contributed by atoms with Crippen LogP contribution in [-0.2, 0) is 19.4 Å². The number of ether oxygens (including phenoxy) is 1. The van der Waals surface area contributed by atoms with Crippen LogP contribution in [0.2, 0.25) is 0 Å². The molecule has 256 valence electrons. The summed E-state index contributed by atoms with van der Waals surface area (Å²) < 4.78 is 45.8. The number of rotatable bonds is 8. The third-order valence-electron chi connectivity index (χ3n) is 10.7. The summed E-state index contributed by atoms with van der Waals surface area (Å²) in [6, 6.07) is 7.89. The molecule has 4 fully saturated rings. The molecular formula is C35H44FN7O4S. The Morgan fingerprint density at radius 2 is 1.85 bits per heavy atom. The van der Waals surface area contributed by atoms with Crippen molar-refractivity contribution < 1.29 is 22.3 Å². The smallest absolute Gasteiger partial charge is 0.246 e. The van der Waals surface area contributed by atoms with E-state index in [9.17, 15) is 17.6 Å². The number of hydrogen-bond donors (Lipinski definition) is 1. The quantitative estimate of drug-likeness (QED) is 0.327. The van der Waals surface area contributed by atoms with Gasteiger partial charge in [-0.3, -0.25) is 4.79 Å². The number of carbonyl (C=O) groups is 1. The molecule has 4 saturated heterocycles. The molecule has 48 heavy (non-hydrogen) atoms. The first-order valence-corrected chi connectivity index (χ1v) is 18.8. The predicted molar refractivity (Wildman–Crippen MR) is 185 cm³/mol. The average molecular weight is 678 g/mol. The number of aromatic nitrogens is 3. The number of hydrogen-bond acceptors (Lipinski definition) is 10. The number of benzene rings is 1. The normalized spacial score (nSPS) is 27.4. The molecule has 4 aliphatic heterocycles. The van der Waals surface area contributed by atoms with Gasteiger partial charge in [0.05, 0.1) is 29.7 Å². The van der Waals surface area contributed by atoms with Crippen LogP contribution in [-0.4, -0.2) is 97.3 Å². The maximum atomic E-state index is 14.6. The van der Waals surface area contributed by atoms with Crippen molar-refractivity contribution in [2.24, 2.45) is 5.92 Å². The zero-order chi connectivity index (χ0) is 33.4. The van der Waals surface area contributed by atoms with E-state index in [0.717, 1.165) is 67.1 Å². The molecule has 1 N–H and O–H groups in total. The van der Waals surface area contributed by atoms with E-state index in [0.29, 0.717) is 49.4 Å². The van der Waals surface area contributed by atoms with Gasteiger partial charge in [0.25, 0.3) is 0 Å². The van der Waals surface area contributed by atoms with E-state index in [2.05, 4.69) is 38.9 Å². The van der Waals surface area contributed by atoms with Crippen LogP contribution in [0.15, 0.2) is 49.3 Å². The van der Waals surface area contributed by atoms with Crippen molar-refractivity contribution in [3.8, 4) is 0 Å². The summed E-state index contributed by atoms with van der Waals surface area (Å²) in [6.45, 7) is 6.62. The van der Waals surface area contributed by atoms with Gasteiger partial charge in [-0.2, -0.15) is 4.98 Å². The van der Waals surface area contributed by atoms with Crippen molar-refractivity contribution in [2.45, 2.75) is 68.5 Å². The van der Waals surface area contributed by atoms with Gasteiger partial charge in [-0.25, -0.2) is 22.8 Å². The Labute approximate surface area is 281 Å². The second kappa shape index (κ2) is 13.6. The summed E-state index contributed by atoms with van der Waals surface area (Å²) in [7, 11) is -1.54. The fraction of sp³-hybridized carbons (Fsp3) is 0.543. The summed E-state index contributed by atoms with van der Waals surface area (Å²) in [5, 5.41) is 5.00. The van der Waals surface area contributed by atoms with Crippen molar-refractivity contribution in [1.29, 1.82) is 0 Å². The molecule has 13 heteroatoms. The number of nitrogens with one attached hydrogen (secondary N) is 1. The number of likely N-dealkylation sites (tertiary alicyclic amines) is 1. The van der Waals surface area contributed by atoms with Crippen molar-refractivity contribution in [1.82, 2.24) is 19.9 Å². The van der Waals surface area contributed by atoms with E-state index >= 15 is 0 Å². The third-order valence-corrected chi connectivity index (χ3v) is 13.1. The Balaban J connectivity index is 1.20. The number of carbonyl (C=O) groups excluding carboxylic acids is 1. The molecule has 6 heterocycles. The van der Waals surface area contributed by atoms with Gasteiger partial charge in [-0.15, -0.1) is 0 Å². The number of methoxy groups -OCH3 is 1. The summed E-state index contributed by atoms with van der Waals surface area (Å²) in [4.78, 5) is 32.8. The highest BCUT2D eigenvalue weighted by Gasteiger charge is 2.39. The van der Waals surface area contributed by atoms with E-state index in [1.807, 2.05) is 22.1 Å². The molecule has 0 aliphatic carbocycles. The highest BCUT2D eigenvalue weighted by atomic mass is 32.2. The number of pyridine rings is 1. The van der Waals surface area contributed by atoms with Gasteiger partial charge in [-0.1, -0.05) is 19.1 Å². The number of sulfone groups is 1. The first-order valence-electron chi connectivity index (χ1n) is 17.1. The molecule has 4 aliphatic rings. The topological polar surface area (TPSA) is 121 Å². The maximum Gasteiger partial charge on any atom is 0.246 e. The van der Waals surface area contributed by atoms with E-state index < -0.39 is 22.1 Å². The lowest BCUT2D eigenvalue weighted by atomic mass is 9.96. The van der Waals surface area contributed by atoms with Crippen molar-refractivity contribution in [2.75, 3.05) is 60.7 Å². The van der Waals surface area contributed by atoms with Crippen LogP contribution in [0.25, 0.3) is 10.8 Å². The number of anilines is 4. The Bertz CT molecular complexity index is 1790. The van der Waals surface area contributed by atoms with E-state index in [-0.39, 0.29) is 29.7 Å². The molecule has 0 spiro atoms. The lowest BCUT2D eigenvalue weighted by Gasteiger charge is -2.33. The SMILES string of the molecule is C=CC(=O)N1CCC[C@@H]1c1ccc(N2CC[C@H]([C@@H]3CCCCS3(=O)=O)C2)c2cnc(Nc3ccnc(N4CC[C@@H](OC)[C@@H](F)C4)n3)cc12. The molecule has 0 unspecified atom stereocenters. The lowest BCUT2D eigenvalue weighted by Crippen LogP contribution is -2.46. The van der Waals surface area contributed by atoms with E-state index in [1.165, 1.54) is 13.2 Å². The largest absolute Gasteiger partial charge is 0.378 e. The number of alkyl halides is 1. The standard InChI is InChI=1S/C35H44FN7O4S/c1-3-34(44)43-15-6-7-29(43)24-9-10-28(41-16-12-23(21-41)31-8-4-5-18-48(31,45)46)26-20-38-33(19-25(24)26)39-32-11-14-37-35(40-32)42-17-13-30(47-2)27(36)22-42/h3,9-11,14,19-20,23,27,29-31H,1,4-8,12-13,15-18,21-22H2,2H3,(H,37,38,39,40)/t23-,27-,29+,30+,31-/m0/s1. The monoisotopic (exact) mass is 677 g/mol. The Kier molecular flexibility index (Phi) is 9.25. The molecule has 0 bridgehead atoms. The average Bonchev–Trinajstić information content (AvgIpc) is 3.78. The number of amides is 1. The van der Waals surface area contributed by atoms with Crippen molar-refractivity contribution in [3.63, 3.8) is 0 Å². The van der Waals surface area contributed by atoms with Gasteiger partial charge in [0.1, 0.15) is 17.8 Å². The molecule has 5 atom stereocenters. The maximum absolute atomic E-state index is 14.6. The molecule has 2 aromatic heterocycles. The first-order chi connectivity index (χ1) is 23.3. The van der Waals surface area contributed by atoms with Gasteiger partial charge in [0.2, 0.25) is 11.9 Å². The van der Waals surface area contributed by atoms with Gasteiger partial charge >= 0.3 is 0 Å². The lowest BCUT2D eigenvalue weighted by molar-refractivity contribution is -0.126. The van der Waals surface area contributed by atoms with Crippen LogP contribution in [0.5, 0.6) is 0 Å². The molecule has 1 aromatic carbocycles. The zero-order valence-corrected chi connectivity index (χ0v) is 28.2. The highest BCUT2D eigenvalue weighted by molar-refractivity contribution is 7.92. The van der Waals surface area contributed by atoms with Gasteiger partial charge in [-0.05, 0) is 79.7 Å². The Hall–Kier alpha value is -3.84. The molecule has 7 rings (SSSR count). The van der Waals surface area contributed by atoms with Crippen LogP contribution in [0.3, 0.4) is 0 Å². The van der Waals surface area contributed by atoms with Gasteiger partial charge in [0, 0.05) is 56.8 Å². The van der Waals surface area contributed by atoms with Crippen LogP contribution in [0, 0.1) is 5.92 Å². The number of nitrogens with zero attached hydrogens (tertiary/aromatic N) is 6. The van der Waals surface area contributed by atoms with Crippen LogP contribution < -0.4 is 15.1 Å². The number of halogens is 1. The number of fused-ring (bicyclic) bond motifs is 1. The molecule has 0 saturated carbocycles. The summed E-state index contributed by atoms with van der Waals surface area (Å²) in [6.07, 6.45) is 8.95. The van der Waals surface area contributed by atoms with Crippen LogP contribution in [0.1, 0.15) is 56.6 Å². The van der Waals surface area contributed by atoms with Crippen LogP contribution >= 0.6 is 0 Å². The summed E-state index contributed by atoms with van der Waals surface area (Å²) in [5.41, 5.74) is 2.06. The Morgan fingerprint density at radius 3 is 2.65 bits per heavy atom. The predicted octanol–water partition coefficient (Wildman–Crippen LogP) is 4.97. The fourth-order valence-electron chi connectivity index (χ4n) is 8.20. The zero-order valence-electron chi connectivity index (χ0n) is 27.4. The second-order valence-corrected chi connectivity index (χ2v) is 15.8. The van der Waals surface area contributed by atoms with Crippen LogP contribution in [0.4, 0.5) is 27.7 Å². The highest BCUT2D eigenvalue weighted by Crippen LogP contribution is 2.42. The van der Waals surface area contributed by atoms with Gasteiger partial charge in [0.15, 0.2) is 9.84 Å². The third kappa shape index (κ3) is 6.34.